The first-order valence-electron chi connectivity index (χ1n) is 2.25. The van der Waals surface area contributed by atoms with E-state index in [1.807, 2.05) is 0 Å². The number of nitrogens with zero attached hydrogens (tertiary/aromatic N) is 1. The molecule has 0 amide bonds. The second kappa shape index (κ2) is 1.97. The summed E-state index contributed by atoms with van der Waals surface area (Å²) in [7, 11) is 0. The molecule has 0 unspecified atom stereocenters. The van der Waals surface area contributed by atoms with Gasteiger partial charge in [0.15, 0.2) is 0 Å². The van der Waals surface area contributed by atoms with E-state index in [-0.39, 0.29) is 0 Å². The summed E-state index contributed by atoms with van der Waals surface area (Å²) in [6, 6.07) is 2.89. The second-order valence-electron chi connectivity index (χ2n) is 1.47. The van der Waals surface area contributed by atoms with E-state index in [2.05, 4.69) is 0 Å². The molecule has 0 aliphatic carbocycles. The lowest BCUT2D eigenvalue weighted by Crippen LogP contribution is -2.35. The SMILES string of the molecule is [O-][n+]1c(F)cccc1F. The maximum atomic E-state index is 12.0. The average molecular weight is 131 g/mol. The van der Waals surface area contributed by atoms with Gasteiger partial charge in [0, 0.05) is 12.1 Å². The van der Waals surface area contributed by atoms with Crippen molar-refractivity contribution in [3.8, 4) is 0 Å². The van der Waals surface area contributed by atoms with Crippen molar-refractivity contribution in [3.63, 3.8) is 0 Å². The lowest BCUT2D eigenvalue weighted by Gasteiger charge is -1.94. The van der Waals surface area contributed by atoms with Gasteiger partial charge in [-0.2, -0.15) is 0 Å². The summed E-state index contributed by atoms with van der Waals surface area (Å²) in [6.07, 6.45) is 0. The second-order valence-corrected chi connectivity index (χ2v) is 1.47. The Kier molecular flexibility index (Phi) is 1.30. The first-order chi connectivity index (χ1) is 4.22. The van der Waals surface area contributed by atoms with Crippen molar-refractivity contribution in [1.82, 2.24) is 0 Å². The molecule has 0 spiro atoms. The first-order valence-corrected chi connectivity index (χ1v) is 2.25. The number of aromatic nitrogens is 1. The first kappa shape index (κ1) is 5.94. The van der Waals surface area contributed by atoms with Crippen molar-refractivity contribution in [2.24, 2.45) is 0 Å². The highest BCUT2D eigenvalue weighted by Gasteiger charge is 2.06. The zero-order valence-electron chi connectivity index (χ0n) is 4.34. The maximum Gasteiger partial charge on any atom is 0.373 e. The lowest BCUT2D eigenvalue weighted by molar-refractivity contribution is -0.666. The summed E-state index contributed by atoms with van der Waals surface area (Å²) >= 11 is 0. The van der Waals surface area contributed by atoms with Crippen LogP contribution in [-0.2, 0) is 0 Å². The number of rotatable bonds is 0. The van der Waals surface area contributed by atoms with E-state index in [1.165, 1.54) is 0 Å². The van der Waals surface area contributed by atoms with Crippen LogP contribution in [0.25, 0.3) is 0 Å². The third kappa shape index (κ3) is 0.960. The molecule has 0 saturated heterocycles. The van der Waals surface area contributed by atoms with Crippen LogP contribution in [0.3, 0.4) is 0 Å². The Morgan fingerprint density at radius 2 is 1.67 bits per heavy atom. The van der Waals surface area contributed by atoms with E-state index < -0.39 is 16.6 Å². The van der Waals surface area contributed by atoms with Crippen LogP contribution in [0.2, 0.25) is 0 Å². The van der Waals surface area contributed by atoms with Crippen molar-refractivity contribution in [1.29, 1.82) is 0 Å². The van der Waals surface area contributed by atoms with Crippen LogP contribution in [0.4, 0.5) is 8.78 Å². The smallest absolute Gasteiger partial charge is 0.373 e. The van der Waals surface area contributed by atoms with Crippen molar-refractivity contribution in [2.45, 2.75) is 0 Å². The summed E-state index contributed by atoms with van der Waals surface area (Å²) in [6.45, 7) is 0. The molecular weight excluding hydrogens is 128 g/mol. The zero-order valence-corrected chi connectivity index (χ0v) is 4.34. The van der Waals surface area contributed by atoms with Gasteiger partial charge in [-0.05, 0) is 6.07 Å². The van der Waals surface area contributed by atoms with Crippen molar-refractivity contribution < 1.29 is 13.5 Å². The van der Waals surface area contributed by atoms with Gasteiger partial charge in [-0.1, -0.05) is 0 Å². The van der Waals surface area contributed by atoms with Gasteiger partial charge in [-0.3, -0.25) is 0 Å². The maximum absolute atomic E-state index is 12.0. The highest BCUT2D eigenvalue weighted by atomic mass is 19.1. The van der Waals surface area contributed by atoms with Crippen LogP contribution in [0.15, 0.2) is 18.2 Å². The summed E-state index contributed by atoms with van der Waals surface area (Å²) < 4.78 is 23.6. The Balaban J connectivity index is 3.25. The van der Waals surface area contributed by atoms with Gasteiger partial charge in [0.05, 0.1) is 0 Å². The predicted molar refractivity (Wildman–Crippen MR) is 25.3 cm³/mol. The third-order valence-corrected chi connectivity index (χ3v) is 0.856. The largest absolute Gasteiger partial charge is 0.614 e. The van der Waals surface area contributed by atoms with Crippen LogP contribution >= 0.6 is 0 Å². The summed E-state index contributed by atoms with van der Waals surface area (Å²) in [5.74, 6) is -2.26. The third-order valence-electron chi connectivity index (χ3n) is 0.856. The standard InChI is InChI=1S/C5H3F2NO/c6-4-2-1-3-5(7)8(4)9/h1-3H. The van der Waals surface area contributed by atoms with E-state index in [4.69, 9.17) is 0 Å². The Bertz CT molecular complexity index is 206. The Morgan fingerprint density at radius 3 is 2.00 bits per heavy atom. The predicted octanol–water partition coefficient (Wildman–Crippen LogP) is 0.598. The topological polar surface area (TPSA) is 26.9 Å². The lowest BCUT2D eigenvalue weighted by atomic mass is 10.5. The normalized spacial score (nSPS) is 9.56. The van der Waals surface area contributed by atoms with Crippen molar-refractivity contribution >= 4 is 0 Å². The van der Waals surface area contributed by atoms with E-state index in [9.17, 15) is 14.0 Å². The van der Waals surface area contributed by atoms with Crippen LogP contribution in [0, 0.1) is 17.1 Å². The molecule has 48 valence electrons. The summed E-state index contributed by atoms with van der Waals surface area (Å²) in [5, 5.41) is 10.1. The average Bonchev–Trinajstić information content (AvgIpc) is 1.83. The van der Waals surface area contributed by atoms with E-state index >= 15 is 0 Å². The van der Waals surface area contributed by atoms with Crippen molar-refractivity contribution in [2.75, 3.05) is 0 Å². The van der Waals surface area contributed by atoms with Crippen LogP contribution in [0.5, 0.6) is 0 Å². The summed E-state index contributed by atoms with van der Waals surface area (Å²) in [5.41, 5.74) is 0. The molecule has 0 aliphatic rings. The van der Waals surface area contributed by atoms with E-state index in [1.54, 1.807) is 0 Å². The zero-order chi connectivity index (χ0) is 6.85. The highest BCUT2D eigenvalue weighted by Crippen LogP contribution is 1.90. The molecule has 9 heavy (non-hydrogen) atoms. The highest BCUT2D eigenvalue weighted by molar-refractivity contribution is 4.88. The molecule has 0 bridgehead atoms. The minimum atomic E-state index is -1.13. The molecule has 0 aliphatic heterocycles. The van der Waals surface area contributed by atoms with Crippen molar-refractivity contribution in [3.05, 3.63) is 35.3 Å². The van der Waals surface area contributed by atoms with Gasteiger partial charge in [0.2, 0.25) is 0 Å². The van der Waals surface area contributed by atoms with Gasteiger partial charge in [-0.15, -0.1) is 13.5 Å². The fraction of sp³-hybridized carbons (Fsp3) is 0. The molecule has 0 atom stereocenters. The Labute approximate surface area is 49.9 Å². The van der Waals surface area contributed by atoms with Gasteiger partial charge in [-0.25, -0.2) is 0 Å². The fourth-order valence-corrected chi connectivity index (χ4v) is 0.444. The van der Waals surface area contributed by atoms with Gasteiger partial charge in [0.25, 0.3) is 0 Å². The molecule has 1 rings (SSSR count). The molecule has 0 saturated carbocycles. The van der Waals surface area contributed by atoms with E-state index in [0.717, 1.165) is 18.2 Å². The van der Waals surface area contributed by atoms with Gasteiger partial charge >= 0.3 is 11.9 Å². The number of hydrogen-bond acceptors (Lipinski definition) is 1. The van der Waals surface area contributed by atoms with Gasteiger partial charge in [0.1, 0.15) is 0 Å². The van der Waals surface area contributed by atoms with E-state index in [0.29, 0.717) is 0 Å². The Hall–Kier alpha value is -1.19. The minimum absolute atomic E-state index is 0.417. The molecule has 0 fully saturated rings. The molecule has 0 radical (unpaired) electrons. The molecule has 0 aromatic carbocycles. The van der Waals surface area contributed by atoms with Gasteiger partial charge < -0.3 is 5.21 Å². The molecule has 2 nitrogen and oxygen atoms in total. The van der Waals surface area contributed by atoms with Crippen LogP contribution < -0.4 is 4.73 Å². The fourth-order valence-electron chi connectivity index (χ4n) is 0.444. The monoisotopic (exact) mass is 131 g/mol. The molecular formula is C5H3F2NO. The molecule has 1 aromatic rings. The molecule has 1 heterocycles. The number of halogens is 2. The quantitative estimate of drug-likeness (QED) is 0.287. The number of pyridine rings is 1. The Morgan fingerprint density at radius 1 is 1.22 bits per heavy atom. The molecule has 0 N–H and O–H groups in total. The van der Waals surface area contributed by atoms with Crippen LogP contribution in [-0.4, -0.2) is 0 Å². The minimum Gasteiger partial charge on any atom is -0.614 e. The number of hydrogen-bond donors (Lipinski definition) is 0. The summed E-state index contributed by atoms with van der Waals surface area (Å²) in [4.78, 5) is 0. The molecule has 4 heteroatoms. The van der Waals surface area contributed by atoms with Crippen LogP contribution in [0.1, 0.15) is 0 Å². The molecule has 1 aromatic heterocycles.